The third-order valence-corrected chi connectivity index (χ3v) is 3.32. The molecule has 1 aromatic heterocycles. The first-order chi connectivity index (χ1) is 9.74. The minimum absolute atomic E-state index is 0.0409. The van der Waals surface area contributed by atoms with E-state index < -0.39 is 0 Å². The second-order valence-electron chi connectivity index (χ2n) is 4.85. The molecule has 0 bridgehead atoms. The molecule has 0 aliphatic rings. The van der Waals surface area contributed by atoms with Crippen LogP contribution < -0.4 is 5.32 Å². The number of nitrogens with zero attached hydrogens (tertiary/aromatic N) is 2. The Hall–Kier alpha value is -2.10. The van der Waals surface area contributed by atoms with Gasteiger partial charge in [0.1, 0.15) is 0 Å². The number of para-hydroxylation sites is 1. The summed E-state index contributed by atoms with van der Waals surface area (Å²) < 4.78 is 1.79. The Kier molecular flexibility index (Phi) is 4.93. The molecule has 0 atom stereocenters. The van der Waals surface area contributed by atoms with Gasteiger partial charge in [0.25, 0.3) is 5.91 Å². The monoisotopic (exact) mass is 271 g/mol. The van der Waals surface area contributed by atoms with Gasteiger partial charge in [0.15, 0.2) is 0 Å². The van der Waals surface area contributed by atoms with E-state index in [1.165, 1.54) is 0 Å². The maximum Gasteiger partial charge on any atom is 0.254 e. The lowest BCUT2D eigenvalue weighted by Gasteiger charge is -2.06. The van der Waals surface area contributed by atoms with Crippen molar-refractivity contribution < 1.29 is 4.79 Å². The van der Waals surface area contributed by atoms with Crippen molar-refractivity contribution in [3.05, 3.63) is 47.8 Å². The van der Waals surface area contributed by atoms with Gasteiger partial charge in [0.2, 0.25) is 0 Å². The van der Waals surface area contributed by atoms with Crippen LogP contribution in [0.5, 0.6) is 0 Å². The quantitative estimate of drug-likeness (QED) is 0.821. The van der Waals surface area contributed by atoms with Gasteiger partial charge >= 0.3 is 0 Å². The summed E-state index contributed by atoms with van der Waals surface area (Å²) in [6.45, 7) is 4.79. The first-order valence-corrected chi connectivity index (χ1v) is 7.12. The number of hydrogen-bond donors (Lipinski definition) is 1. The highest BCUT2D eigenvalue weighted by Crippen LogP contribution is 2.13. The molecule has 106 valence electrons. The molecule has 4 nitrogen and oxygen atoms in total. The Morgan fingerprint density at radius 3 is 2.70 bits per heavy atom. The lowest BCUT2D eigenvalue weighted by molar-refractivity contribution is 0.0952. The van der Waals surface area contributed by atoms with Crippen LogP contribution in [0.4, 0.5) is 0 Å². The molecule has 0 fully saturated rings. The molecule has 2 rings (SSSR count). The molecule has 2 aromatic rings. The third-order valence-electron chi connectivity index (χ3n) is 3.32. The summed E-state index contributed by atoms with van der Waals surface area (Å²) in [5.74, 6) is -0.0409. The van der Waals surface area contributed by atoms with Crippen LogP contribution in [0.15, 0.2) is 36.5 Å². The van der Waals surface area contributed by atoms with E-state index in [4.69, 9.17) is 0 Å². The van der Waals surface area contributed by atoms with Crippen LogP contribution in [-0.2, 0) is 0 Å². The van der Waals surface area contributed by atoms with Gasteiger partial charge in [-0.2, -0.15) is 5.10 Å². The number of carbonyl (C=O) groups excluding carboxylic acids is 1. The molecule has 0 aliphatic heterocycles. The summed E-state index contributed by atoms with van der Waals surface area (Å²) in [7, 11) is 0. The summed E-state index contributed by atoms with van der Waals surface area (Å²) in [4.78, 5) is 12.1. The number of aromatic nitrogens is 2. The predicted molar refractivity (Wildman–Crippen MR) is 80.2 cm³/mol. The SMILES string of the molecule is CCCCCNC(=O)c1cnn(-c2ccccc2)c1C. The molecule has 4 heteroatoms. The molecule has 0 spiro atoms. The van der Waals surface area contributed by atoms with E-state index in [-0.39, 0.29) is 5.91 Å². The highest BCUT2D eigenvalue weighted by atomic mass is 16.1. The number of nitrogens with one attached hydrogen (secondary N) is 1. The van der Waals surface area contributed by atoms with Gasteiger partial charge < -0.3 is 5.32 Å². The first kappa shape index (κ1) is 14.3. The van der Waals surface area contributed by atoms with Crippen molar-refractivity contribution in [3.8, 4) is 5.69 Å². The van der Waals surface area contributed by atoms with Crippen molar-refractivity contribution in [2.45, 2.75) is 33.1 Å². The van der Waals surface area contributed by atoms with E-state index >= 15 is 0 Å². The fourth-order valence-electron chi connectivity index (χ4n) is 2.13. The molecule has 0 saturated heterocycles. The van der Waals surface area contributed by atoms with E-state index in [2.05, 4.69) is 17.3 Å². The number of amides is 1. The minimum Gasteiger partial charge on any atom is -0.352 e. The van der Waals surface area contributed by atoms with Crippen molar-refractivity contribution in [2.75, 3.05) is 6.54 Å². The molecule has 0 saturated carbocycles. The van der Waals surface area contributed by atoms with Gasteiger partial charge in [-0.05, 0) is 25.5 Å². The van der Waals surface area contributed by atoms with Gasteiger partial charge in [0, 0.05) is 6.54 Å². The molecule has 1 N–H and O–H groups in total. The normalized spacial score (nSPS) is 10.5. The van der Waals surface area contributed by atoms with Gasteiger partial charge in [-0.25, -0.2) is 4.68 Å². The van der Waals surface area contributed by atoms with Gasteiger partial charge in [-0.15, -0.1) is 0 Å². The summed E-state index contributed by atoms with van der Waals surface area (Å²) in [6.07, 6.45) is 4.95. The van der Waals surface area contributed by atoms with E-state index in [0.717, 1.165) is 37.2 Å². The van der Waals surface area contributed by atoms with E-state index in [0.29, 0.717) is 5.56 Å². The molecule has 0 unspecified atom stereocenters. The van der Waals surface area contributed by atoms with Crippen LogP contribution in [-0.4, -0.2) is 22.2 Å². The molecule has 1 aromatic carbocycles. The van der Waals surface area contributed by atoms with Crippen LogP contribution >= 0.6 is 0 Å². The smallest absolute Gasteiger partial charge is 0.254 e. The molecule has 0 aliphatic carbocycles. The summed E-state index contributed by atoms with van der Waals surface area (Å²) >= 11 is 0. The molecule has 1 heterocycles. The average Bonchev–Trinajstić information content (AvgIpc) is 2.86. The molecule has 20 heavy (non-hydrogen) atoms. The van der Waals surface area contributed by atoms with Crippen LogP contribution in [0.2, 0.25) is 0 Å². The Morgan fingerprint density at radius 1 is 1.25 bits per heavy atom. The largest absolute Gasteiger partial charge is 0.352 e. The highest BCUT2D eigenvalue weighted by molar-refractivity contribution is 5.95. The maximum absolute atomic E-state index is 12.1. The predicted octanol–water partition coefficient (Wildman–Crippen LogP) is 3.10. The average molecular weight is 271 g/mol. The number of benzene rings is 1. The van der Waals surface area contributed by atoms with Crippen molar-refractivity contribution >= 4 is 5.91 Å². The van der Waals surface area contributed by atoms with Crippen molar-refractivity contribution in [2.24, 2.45) is 0 Å². The Balaban J connectivity index is 2.07. The molecular weight excluding hydrogens is 250 g/mol. The second kappa shape index (κ2) is 6.89. The van der Waals surface area contributed by atoms with Crippen LogP contribution in [0, 0.1) is 6.92 Å². The summed E-state index contributed by atoms with van der Waals surface area (Å²) in [5.41, 5.74) is 2.48. The molecule has 0 radical (unpaired) electrons. The highest BCUT2D eigenvalue weighted by Gasteiger charge is 2.14. The summed E-state index contributed by atoms with van der Waals surface area (Å²) in [6, 6.07) is 9.83. The molecule has 1 amide bonds. The lowest BCUT2D eigenvalue weighted by Crippen LogP contribution is -2.24. The van der Waals surface area contributed by atoms with Crippen molar-refractivity contribution in [3.63, 3.8) is 0 Å². The zero-order valence-corrected chi connectivity index (χ0v) is 12.1. The standard InChI is InChI=1S/C16H21N3O/c1-3-4-8-11-17-16(20)15-12-18-19(13(15)2)14-9-6-5-7-10-14/h5-7,9-10,12H,3-4,8,11H2,1-2H3,(H,17,20). The Bertz CT molecular complexity index is 560. The van der Waals surface area contributed by atoms with Gasteiger partial charge in [-0.1, -0.05) is 38.0 Å². The van der Waals surface area contributed by atoms with Crippen LogP contribution in [0.3, 0.4) is 0 Å². The lowest BCUT2D eigenvalue weighted by atomic mass is 10.2. The van der Waals surface area contributed by atoms with Crippen LogP contribution in [0.25, 0.3) is 5.69 Å². The van der Waals surface area contributed by atoms with Gasteiger partial charge in [-0.3, -0.25) is 4.79 Å². The topological polar surface area (TPSA) is 46.9 Å². The van der Waals surface area contributed by atoms with E-state index in [9.17, 15) is 4.79 Å². The minimum atomic E-state index is -0.0409. The second-order valence-corrected chi connectivity index (χ2v) is 4.85. The summed E-state index contributed by atoms with van der Waals surface area (Å²) in [5, 5.41) is 7.25. The van der Waals surface area contributed by atoms with E-state index in [1.54, 1.807) is 10.9 Å². The fourth-order valence-corrected chi connectivity index (χ4v) is 2.13. The Morgan fingerprint density at radius 2 is 2.00 bits per heavy atom. The maximum atomic E-state index is 12.1. The molecular formula is C16H21N3O. The Labute approximate surface area is 119 Å². The third kappa shape index (κ3) is 3.26. The first-order valence-electron chi connectivity index (χ1n) is 7.12. The number of unbranched alkanes of at least 4 members (excludes halogenated alkanes) is 2. The van der Waals surface area contributed by atoms with Crippen molar-refractivity contribution in [1.82, 2.24) is 15.1 Å². The van der Waals surface area contributed by atoms with Crippen LogP contribution in [0.1, 0.15) is 42.2 Å². The number of rotatable bonds is 6. The number of hydrogen-bond acceptors (Lipinski definition) is 2. The fraction of sp³-hybridized carbons (Fsp3) is 0.375. The zero-order valence-electron chi connectivity index (χ0n) is 12.1. The van der Waals surface area contributed by atoms with E-state index in [1.807, 2.05) is 37.3 Å². The number of carbonyl (C=O) groups is 1. The van der Waals surface area contributed by atoms with Gasteiger partial charge in [0.05, 0.1) is 23.1 Å². The zero-order chi connectivity index (χ0) is 14.4. The van der Waals surface area contributed by atoms with Crippen molar-refractivity contribution in [1.29, 1.82) is 0 Å².